The van der Waals surface area contributed by atoms with Crippen LogP contribution in [-0.2, 0) is 4.74 Å². The van der Waals surface area contributed by atoms with Crippen molar-refractivity contribution in [1.82, 2.24) is 19.5 Å². The number of rotatable bonds is 2. The van der Waals surface area contributed by atoms with Crippen LogP contribution in [0.4, 0.5) is 0 Å². The molecule has 0 bridgehead atoms. The Bertz CT molecular complexity index is 606. The topological polar surface area (TPSA) is 114 Å². The van der Waals surface area contributed by atoms with Crippen molar-refractivity contribution in [3.05, 3.63) is 16.4 Å². The van der Waals surface area contributed by atoms with Crippen molar-refractivity contribution in [2.45, 2.75) is 24.5 Å². The normalized spacial score (nSPS) is 31.2. The number of imidazole rings is 1. The number of hydrogen-bond acceptors (Lipinski definition) is 7. The first-order valence-corrected chi connectivity index (χ1v) is 6.67. The van der Waals surface area contributed by atoms with E-state index >= 15 is 0 Å². The van der Waals surface area contributed by atoms with Crippen LogP contribution in [0, 0.1) is 3.70 Å². The highest BCUT2D eigenvalue weighted by molar-refractivity contribution is 14.1. The molecule has 1 aliphatic heterocycles. The summed E-state index contributed by atoms with van der Waals surface area (Å²) in [5, 5.41) is 28.8. The molecule has 0 aliphatic carbocycles. The van der Waals surface area contributed by atoms with Crippen LogP contribution in [0.3, 0.4) is 0 Å². The van der Waals surface area contributed by atoms with E-state index in [1.165, 1.54) is 17.2 Å². The molecule has 4 atom stereocenters. The molecule has 0 radical (unpaired) electrons. The lowest BCUT2D eigenvalue weighted by Gasteiger charge is -2.16. The summed E-state index contributed by atoms with van der Waals surface area (Å²) in [5.74, 6) is 0. The molecule has 1 saturated heterocycles. The summed E-state index contributed by atoms with van der Waals surface area (Å²) in [7, 11) is 0. The predicted octanol–water partition coefficient (Wildman–Crippen LogP) is -0.958. The van der Waals surface area contributed by atoms with Gasteiger partial charge in [0.15, 0.2) is 11.9 Å². The second-order valence-corrected chi connectivity index (χ2v) is 5.24. The molecular formula is C10H11IN4O4. The molecule has 8 nitrogen and oxygen atoms in total. The van der Waals surface area contributed by atoms with E-state index in [9.17, 15) is 10.2 Å². The molecule has 3 N–H and O–H groups in total. The number of aromatic nitrogens is 4. The van der Waals surface area contributed by atoms with Gasteiger partial charge in [0, 0.05) is 0 Å². The molecule has 1 fully saturated rings. The number of hydrogen-bond donors (Lipinski definition) is 3. The fourth-order valence-electron chi connectivity index (χ4n) is 2.12. The number of aliphatic hydroxyl groups excluding tert-OH is 3. The summed E-state index contributed by atoms with van der Waals surface area (Å²) in [6.45, 7) is -0.367. The fourth-order valence-corrected chi connectivity index (χ4v) is 2.62. The molecule has 0 saturated carbocycles. The monoisotopic (exact) mass is 378 g/mol. The largest absolute Gasteiger partial charge is 0.394 e. The molecule has 9 heteroatoms. The van der Waals surface area contributed by atoms with Crippen molar-refractivity contribution in [2.75, 3.05) is 6.61 Å². The lowest BCUT2D eigenvalue weighted by Crippen LogP contribution is -2.33. The molecule has 2 aromatic rings. The SMILES string of the molecule is OC[C@H]1O[C@@H](n2cnc3c(I)ncnc32)[C@@H](O)[C@@H]1O. The summed E-state index contributed by atoms with van der Waals surface area (Å²) in [4.78, 5) is 12.3. The van der Waals surface area contributed by atoms with E-state index in [1.54, 1.807) is 0 Å². The van der Waals surface area contributed by atoms with E-state index in [0.717, 1.165) is 0 Å². The molecule has 102 valence electrons. The lowest BCUT2D eigenvalue weighted by atomic mass is 10.1. The van der Waals surface area contributed by atoms with E-state index in [-0.39, 0.29) is 6.61 Å². The molecule has 19 heavy (non-hydrogen) atoms. The van der Waals surface area contributed by atoms with Crippen LogP contribution in [0.5, 0.6) is 0 Å². The summed E-state index contributed by atoms with van der Waals surface area (Å²) in [6, 6.07) is 0. The van der Waals surface area contributed by atoms with E-state index < -0.39 is 24.5 Å². The number of halogens is 1. The summed E-state index contributed by atoms with van der Waals surface area (Å²) in [5.41, 5.74) is 1.11. The van der Waals surface area contributed by atoms with Crippen LogP contribution in [-0.4, -0.2) is 59.8 Å². The van der Waals surface area contributed by atoms with Crippen molar-refractivity contribution >= 4 is 33.8 Å². The van der Waals surface area contributed by atoms with Gasteiger partial charge in [0.2, 0.25) is 0 Å². The van der Waals surface area contributed by atoms with Crippen LogP contribution in [0.2, 0.25) is 0 Å². The first kappa shape index (κ1) is 13.1. The third-order valence-electron chi connectivity index (χ3n) is 3.11. The Morgan fingerprint density at radius 3 is 2.74 bits per heavy atom. The van der Waals surface area contributed by atoms with Gasteiger partial charge < -0.3 is 20.1 Å². The molecule has 0 spiro atoms. The Hall–Kier alpha value is -0.880. The Morgan fingerprint density at radius 1 is 1.26 bits per heavy atom. The summed E-state index contributed by atoms with van der Waals surface area (Å²) < 4.78 is 7.66. The minimum Gasteiger partial charge on any atom is -0.394 e. The van der Waals surface area contributed by atoms with Gasteiger partial charge in [-0.15, -0.1) is 0 Å². The van der Waals surface area contributed by atoms with Gasteiger partial charge in [0.05, 0.1) is 12.9 Å². The van der Waals surface area contributed by atoms with Crippen LogP contribution in [0.25, 0.3) is 11.2 Å². The van der Waals surface area contributed by atoms with Gasteiger partial charge in [-0.2, -0.15) is 0 Å². The zero-order valence-electron chi connectivity index (χ0n) is 9.59. The second kappa shape index (κ2) is 4.90. The average molecular weight is 378 g/mol. The van der Waals surface area contributed by atoms with Crippen molar-refractivity contribution < 1.29 is 20.1 Å². The Labute approximate surface area is 121 Å². The molecule has 3 rings (SSSR count). The van der Waals surface area contributed by atoms with Crippen molar-refractivity contribution in [1.29, 1.82) is 0 Å². The summed E-state index contributed by atoms with van der Waals surface area (Å²) >= 11 is 2.04. The van der Waals surface area contributed by atoms with Crippen molar-refractivity contribution in [3.8, 4) is 0 Å². The zero-order chi connectivity index (χ0) is 13.6. The maximum Gasteiger partial charge on any atom is 0.166 e. The third-order valence-corrected chi connectivity index (χ3v) is 3.89. The Balaban J connectivity index is 2.04. The first-order chi connectivity index (χ1) is 9.13. The van der Waals surface area contributed by atoms with Gasteiger partial charge in [0.1, 0.15) is 33.9 Å². The van der Waals surface area contributed by atoms with Gasteiger partial charge in [0.25, 0.3) is 0 Å². The quantitative estimate of drug-likeness (QED) is 0.456. The van der Waals surface area contributed by atoms with Gasteiger partial charge in [-0.05, 0) is 22.6 Å². The standard InChI is InChI=1S/C10H11IN4O4/c11-8-5-9(13-2-12-8)15(3-14-5)10-7(18)6(17)4(1-16)19-10/h2-4,6-7,10,16-18H,1H2/t4-,6-,7+,10-/m1/s1. The highest BCUT2D eigenvalue weighted by Gasteiger charge is 2.43. The van der Waals surface area contributed by atoms with Gasteiger partial charge in [-0.3, -0.25) is 4.57 Å². The highest BCUT2D eigenvalue weighted by Crippen LogP contribution is 2.31. The van der Waals surface area contributed by atoms with Crippen LogP contribution in [0.1, 0.15) is 6.23 Å². The van der Waals surface area contributed by atoms with Gasteiger partial charge >= 0.3 is 0 Å². The molecular weight excluding hydrogens is 367 g/mol. The highest BCUT2D eigenvalue weighted by atomic mass is 127. The van der Waals surface area contributed by atoms with Gasteiger partial charge in [-0.25, -0.2) is 15.0 Å². The minimum absolute atomic E-state index is 0.367. The number of fused-ring (bicyclic) bond motifs is 1. The van der Waals surface area contributed by atoms with Gasteiger partial charge in [-0.1, -0.05) is 0 Å². The molecule has 2 aromatic heterocycles. The Morgan fingerprint density at radius 2 is 2.05 bits per heavy atom. The van der Waals surface area contributed by atoms with Crippen LogP contribution in [0.15, 0.2) is 12.7 Å². The van der Waals surface area contributed by atoms with E-state index in [0.29, 0.717) is 14.9 Å². The molecule has 0 aromatic carbocycles. The average Bonchev–Trinajstić information content (AvgIpc) is 2.94. The molecule has 0 unspecified atom stereocenters. The summed E-state index contributed by atoms with van der Waals surface area (Å²) in [6.07, 6.45) is -1.08. The fraction of sp³-hybridized carbons (Fsp3) is 0.500. The maximum atomic E-state index is 9.98. The smallest absolute Gasteiger partial charge is 0.166 e. The molecule has 3 heterocycles. The lowest BCUT2D eigenvalue weighted by molar-refractivity contribution is -0.0511. The third kappa shape index (κ3) is 2.01. The minimum atomic E-state index is -1.15. The van der Waals surface area contributed by atoms with E-state index in [2.05, 4.69) is 15.0 Å². The van der Waals surface area contributed by atoms with E-state index in [1.807, 2.05) is 22.6 Å². The number of ether oxygens (including phenoxy) is 1. The van der Waals surface area contributed by atoms with Crippen molar-refractivity contribution in [2.24, 2.45) is 0 Å². The van der Waals surface area contributed by atoms with Crippen LogP contribution < -0.4 is 0 Å². The maximum absolute atomic E-state index is 9.98. The number of aliphatic hydroxyl groups is 3. The van der Waals surface area contributed by atoms with Crippen LogP contribution >= 0.6 is 22.6 Å². The number of nitrogens with zero attached hydrogens (tertiary/aromatic N) is 4. The Kier molecular flexibility index (Phi) is 3.39. The first-order valence-electron chi connectivity index (χ1n) is 5.59. The zero-order valence-corrected chi connectivity index (χ0v) is 11.7. The molecule has 0 amide bonds. The molecule has 1 aliphatic rings. The van der Waals surface area contributed by atoms with Crippen molar-refractivity contribution in [3.63, 3.8) is 0 Å². The second-order valence-electron chi connectivity index (χ2n) is 4.22. The van der Waals surface area contributed by atoms with E-state index in [4.69, 9.17) is 9.84 Å². The predicted molar refractivity (Wildman–Crippen MR) is 71.0 cm³/mol.